The van der Waals surface area contributed by atoms with Crippen molar-refractivity contribution in [2.45, 2.75) is 52.0 Å². The van der Waals surface area contributed by atoms with Gasteiger partial charge < -0.3 is 20.3 Å². The van der Waals surface area contributed by atoms with Gasteiger partial charge in [-0.25, -0.2) is 19.7 Å². The van der Waals surface area contributed by atoms with Gasteiger partial charge in [0.15, 0.2) is 11.5 Å². The third-order valence-corrected chi connectivity index (χ3v) is 7.33. The van der Waals surface area contributed by atoms with Crippen molar-refractivity contribution >= 4 is 40.3 Å². The van der Waals surface area contributed by atoms with Gasteiger partial charge in [0.05, 0.1) is 25.6 Å². The monoisotopic (exact) mass is 547 g/mol. The van der Waals surface area contributed by atoms with Crippen LogP contribution in [-0.2, 0) is 4.74 Å². The number of hydrogen-bond donors (Lipinski definition) is 3. The van der Waals surface area contributed by atoms with Crippen molar-refractivity contribution < 1.29 is 9.53 Å². The number of rotatable bonds is 8. The molecule has 2 fully saturated rings. The number of nitrogens with one attached hydrogen (secondary N) is 3. The fourth-order valence-corrected chi connectivity index (χ4v) is 5.21. The second-order valence-corrected chi connectivity index (χ2v) is 11.7. The molecule has 0 atom stereocenters. The number of fused-ring (bicyclic) bond motifs is 1. The van der Waals surface area contributed by atoms with E-state index in [1.165, 1.54) is 44.1 Å². The Morgan fingerprint density at radius 1 is 1.00 bits per heavy atom. The summed E-state index contributed by atoms with van der Waals surface area (Å²) in [6.45, 7) is 13.1. The van der Waals surface area contributed by atoms with Gasteiger partial charge in [0.2, 0.25) is 5.95 Å². The van der Waals surface area contributed by atoms with Crippen LogP contribution >= 0.6 is 0 Å². The molecule has 0 radical (unpaired) electrons. The second-order valence-electron chi connectivity index (χ2n) is 11.7. The Kier molecular flexibility index (Phi) is 8.91. The van der Waals surface area contributed by atoms with E-state index in [0.717, 1.165) is 51.0 Å². The zero-order chi connectivity index (χ0) is 28.0. The molecular weight excluding hydrogens is 506 g/mol. The fourth-order valence-electron chi connectivity index (χ4n) is 5.21. The molecule has 1 aromatic carbocycles. The van der Waals surface area contributed by atoms with E-state index in [9.17, 15) is 4.79 Å². The molecule has 2 saturated heterocycles. The molecule has 2 aliphatic rings. The lowest BCUT2D eigenvalue weighted by atomic mass is 9.92. The number of nitrogens with zero attached hydrogens (tertiary/aromatic N) is 6. The van der Waals surface area contributed by atoms with Crippen molar-refractivity contribution in [1.82, 2.24) is 30.2 Å². The molecule has 5 rings (SSSR count). The van der Waals surface area contributed by atoms with Gasteiger partial charge in [-0.2, -0.15) is 4.98 Å². The van der Waals surface area contributed by atoms with Crippen LogP contribution in [0.5, 0.6) is 0 Å². The predicted octanol–water partition coefficient (Wildman–Crippen LogP) is 4.41. The highest BCUT2D eigenvalue weighted by molar-refractivity contribution is 5.89. The number of ether oxygens (including phenoxy) is 1. The molecule has 0 saturated carbocycles. The summed E-state index contributed by atoms with van der Waals surface area (Å²) < 4.78 is 5.45. The molecule has 0 spiro atoms. The van der Waals surface area contributed by atoms with Crippen LogP contribution in [0.15, 0.2) is 36.7 Å². The normalized spacial score (nSPS) is 17.1. The summed E-state index contributed by atoms with van der Waals surface area (Å²) in [6.07, 6.45) is 8.24. The van der Waals surface area contributed by atoms with E-state index in [1.807, 2.05) is 20.8 Å². The molecule has 0 bridgehead atoms. The average molecular weight is 548 g/mol. The van der Waals surface area contributed by atoms with E-state index in [-0.39, 0.29) is 11.6 Å². The summed E-state index contributed by atoms with van der Waals surface area (Å²) in [4.78, 5) is 34.8. The molecule has 11 heteroatoms. The third-order valence-electron chi connectivity index (χ3n) is 7.33. The molecule has 3 aromatic rings. The van der Waals surface area contributed by atoms with Crippen LogP contribution in [0.2, 0.25) is 0 Å². The lowest BCUT2D eigenvalue weighted by Gasteiger charge is -2.34. The maximum absolute atomic E-state index is 12.2. The molecular formula is C29H41N9O2. The Balaban J connectivity index is 1.11. The van der Waals surface area contributed by atoms with Gasteiger partial charge in [-0.05, 0) is 83.2 Å². The van der Waals surface area contributed by atoms with Crippen molar-refractivity contribution in [1.29, 1.82) is 0 Å². The molecule has 3 N–H and O–H groups in total. The number of carbonyl (C=O) groups is 1. The van der Waals surface area contributed by atoms with Gasteiger partial charge in [0.25, 0.3) is 0 Å². The van der Waals surface area contributed by atoms with Gasteiger partial charge in [-0.1, -0.05) is 0 Å². The summed E-state index contributed by atoms with van der Waals surface area (Å²) in [7, 11) is 0. The molecule has 0 unspecified atom stereocenters. The highest BCUT2D eigenvalue weighted by Crippen LogP contribution is 2.27. The summed E-state index contributed by atoms with van der Waals surface area (Å²) >= 11 is 0. The van der Waals surface area contributed by atoms with E-state index in [2.05, 4.69) is 70.0 Å². The van der Waals surface area contributed by atoms with E-state index in [0.29, 0.717) is 22.9 Å². The lowest BCUT2D eigenvalue weighted by Crippen LogP contribution is -2.43. The first-order chi connectivity index (χ1) is 19.3. The van der Waals surface area contributed by atoms with Crippen LogP contribution in [0, 0.1) is 5.92 Å². The van der Waals surface area contributed by atoms with Gasteiger partial charge in [-0.3, -0.25) is 10.2 Å². The number of amides is 2. The zero-order valence-electron chi connectivity index (χ0n) is 23.8. The molecule has 2 amide bonds. The first kappa shape index (κ1) is 28.0. The summed E-state index contributed by atoms with van der Waals surface area (Å²) in [5, 5.41) is 8.80. The number of morpholine rings is 1. The summed E-state index contributed by atoms with van der Waals surface area (Å²) in [6, 6.07) is 8.06. The average Bonchev–Trinajstić information content (AvgIpc) is 2.93. The lowest BCUT2D eigenvalue weighted by molar-refractivity contribution is 0.0365. The Morgan fingerprint density at radius 2 is 1.75 bits per heavy atom. The van der Waals surface area contributed by atoms with Gasteiger partial charge >= 0.3 is 6.03 Å². The largest absolute Gasteiger partial charge is 0.379 e. The number of aromatic nitrogens is 4. The second kappa shape index (κ2) is 12.7. The molecule has 40 heavy (non-hydrogen) atoms. The van der Waals surface area contributed by atoms with E-state index < -0.39 is 0 Å². The molecule has 11 nitrogen and oxygen atoms in total. The smallest absolute Gasteiger partial charge is 0.320 e. The number of urea groups is 1. The minimum absolute atomic E-state index is 0.323. The Labute approximate surface area is 236 Å². The van der Waals surface area contributed by atoms with Crippen LogP contribution in [-0.4, -0.2) is 82.3 Å². The Hall–Kier alpha value is -3.57. The number of piperidine rings is 1. The maximum Gasteiger partial charge on any atom is 0.320 e. The topological polar surface area (TPSA) is 120 Å². The quantitative estimate of drug-likeness (QED) is 0.376. The summed E-state index contributed by atoms with van der Waals surface area (Å²) in [5.41, 5.74) is 2.73. The number of anilines is 4. The number of hydrogen-bond acceptors (Lipinski definition) is 9. The van der Waals surface area contributed by atoms with Crippen molar-refractivity contribution in [2.24, 2.45) is 5.92 Å². The SMILES string of the molecule is CC(C)(C)NC(=O)Nc1cnc2cnc(Nc3ccc(N4CCC(CCCN5CCOCC5)CC4)cc3)nc2n1. The Morgan fingerprint density at radius 3 is 2.48 bits per heavy atom. The van der Waals surface area contributed by atoms with Crippen LogP contribution in [0.3, 0.4) is 0 Å². The molecule has 2 aliphatic heterocycles. The van der Waals surface area contributed by atoms with Crippen LogP contribution in [0.4, 0.5) is 27.9 Å². The van der Waals surface area contributed by atoms with Crippen molar-refractivity contribution in [2.75, 3.05) is 61.5 Å². The molecule has 4 heterocycles. The molecule has 2 aromatic heterocycles. The maximum atomic E-state index is 12.2. The highest BCUT2D eigenvalue weighted by Gasteiger charge is 2.20. The zero-order valence-corrected chi connectivity index (χ0v) is 23.8. The predicted molar refractivity (Wildman–Crippen MR) is 158 cm³/mol. The standard InChI is InChI=1S/C29H41N9O2/c1-29(2,3)36-28(39)34-25-20-30-24-19-31-27(35-26(24)33-25)32-22-6-8-23(9-7-22)38-13-10-21(11-14-38)5-4-12-37-15-17-40-18-16-37/h6-9,19-21H,4-5,10-18H2,1-3H3,(H3,31,32,33,34,35,36,39). The number of benzene rings is 1. The van der Waals surface area contributed by atoms with Crippen molar-refractivity contribution in [3.05, 3.63) is 36.7 Å². The fraction of sp³-hybridized carbons (Fsp3) is 0.552. The first-order valence-electron chi connectivity index (χ1n) is 14.3. The number of carbonyl (C=O) groups excluding carboxylic acids is 1. The first-order valence-corrected chi connectivity index (χ1v) is 14.3. The van der Waals surface area contributed by atoms with Crippen LogP contribution in [0.1, 0.15) is 46.5 Å². The highest BCUT2D eigenvalue weighted by atomic mass is 16.5. The molecule has 214 valence electrons. The van der Waals surface area contributed by atoms with Crippen LogP contribution in [0.25, 0.3) is 11.2 Å². The van der Waals surface area contributed by atoms with Gasteiger partial charge in [0, 0.05) is 43.1 Å². The van der Waals surface area contributed by atoms with Crippen molar-refractivity contribution in [3.63, 3.8) is 0 Å². The Bertz CT molecular complexity index is 1260. The third kappa shape index (κ3) is 7.98. The van der Waals surface area contributed by atoms with Gasteiger partial charge in [-0.15, -0.1) is 0 Å². The minimum atomic E-state index is -0.358. The van der Waals surface area contributed by atoms with Crippen LogP contribution < -0.4 is 20.9 Å². The van der Waals surface area contributed by atoms with Crippen molar-refractivity contribution in [3.8, 4) is 0 Å². The summed E-state index contributed by atoms with van der Waals surface area (Å²) in [5.74, 6) is 1.57. The molecule has 0 aliphatic carbocycles. The van der Waals surface area contributed by atoms with E-state index in [1.54, 1.807) is 6.20 Å². The van der Waals surface area contributed by atoms with E-state index >= 15 is 0 Å². The van der Waals surface area contributed by atoms with Gasteiger partial charge in [0.1, 0.15) is 5.52 Å². The minimum Gasteiger partial charge on any atom is -0.379 e. The van der Waals surface area contributed by atoms with E-state index in [4.69, 9.17) is 4.74 Å².